The molecule has 98 valence electrons. The number of carbonyl (C=O) groups excluding carboxylic acids is 1. The number of hydrogen-bond acceptors (Lipinski definition) is 3. The molecule has 17 heavy (non-hydrogen) atoms. The molecule has 0 unspecified atom stereocenters. The quantitative estimate of drug-likeness (QED) is 0.784. The maximum Gasteiger partial charge on any atom is 0.230 e. The van der Waals surface area contributed by atoms with E-state index in [2.05, 4.69) is 0 Å². The summed E-state index contributed by atoms with van der Waals surface area (Å²) < 4.78 is 11.3. The van der Waals surface area contributed by atoms with E-state index in [1.165, 1.54) is 6.42 Å². The average Bonchev–Trinajstić information content (AvgIpc) is 2.39. The molecule has 2 aliphatic rings. The van der Waals surface area contributed by atoms with Gasteiger partial charge in [-0.05, 0) is 12.8 Å². The van der Waals surface area contributed by atoms with E-state index < -0.39 is 10.8 Å². The van der Waals surface area contributed by atoms with Gasteiger partial charge in [-0.15, -0.1) is 0 Å². The molecule has 0 bridgehead atoms. The summed E-state index contributed by atoms with van der Waals surface area (Å²) in [6.07, 6.45) is 5.31. The first-order valence-electron chi connectivity index (χ1n) is 6.52. The van der Waals surface area contributed by atoms with Gasteiger partial charge in [0, 0.05) is 41.9 Å². The molecule has 1 aliphatic carbocycles. The molecule has 0 aromatic heterocycles. The standard InChI is InChI=1S/C12H22N2O2S/c13-10-12(4-2-1-3-5-12)11(15)14-6-8-17(16)9-7-14/h1-10,13H2. The Morgan fingerprint density at radius 1 is 1.18 bits per heavy atom. The van der Waals surface area contributed by atoms with Crippen molar-refractivity contribution in [3.05, 3.63) is 0 Å². The molecule has 2 fully saturated rings. The number of hydrogen-bond donors (Lipinski definition) is 1. The molecule has 0 radical (unpaired) electrons. The van der Waals surface area contributed by atoms with Crippen molar-refractivity contribution in [3.63, 3.8) is 0 Å². The second kappa shape index (κ2) is 5.48. The van der Waals surface area contributed by atoms with Crippen LogP contribution in [0.25, 0.3) is 0 Å². The summed E-state index contributed by atoms with van der Waals surface area (Å²) >= 11 is 0. The highest BCUT2D eigenvalue weighted by molar-refractivity contribution is 7.85. The predicted octanol–water partition coefficient (Wildman–Crippen LogP) is 0.486. The van der Waals surface area contributed by atoms with Crippen LogP contribution in [0.4, 0.5) is 0 Å². The van der Waals surface area contributed by atoms with E-state index in [-0.39, 0.29) is 11.3 Å². The van der Waals surface area contributed by atoms with Gasteiger partial charge in [0.15, 0.2) is 0 Å². The molecule has 0 atom stereocenters. The molecule has 0 aromatic carbocycles. The van der Waals surface area contributed by atoms with Crippen LogP contribution in [0.15, 0.2) is 0 Å². The maximum absolute atomic E-state index is 12.6. The van der Waals surface area contributed by atoms with Gasteiger partial charge in [-0.2, -0.15) is 0 Å². The largest absolute Gasteiger partial charge is 0.340 e. The fourth-order valence-corrected chi connectivity index (χ4v) is 3.96. The molecule has 0 aromatic rings. The first-order valence-corrected chi connectivity index (χ1v) is 8.01. The fraction of sp³-hybridized carbons (Fsp3) is 0.917. The van der Waals surface area contributed by atoms with Crippen molar-refractivity contribution in [1.29, 1.82) is 0 Å². The minimum Gasteiger partial charge on any atom is -0.340 e. The van der Waals surface area contributed by atoms with Gasteiger partial charge in [0.05, 0.1) is 5.41 Å². The normalized spacial score (nSPS) is 25.8. The van der Waals surface area contributed by atoms with Crippen molar-refractivity contribution >= 4 is 16.7 Å². The average molecular weight is 258 g/mol. The molecular formula is C12H22N2O2S. The Bertz CT molecular complexity index is 304. The minimum absolute atomic E-state index is 0.219. The monoisotopic (exact) mass is 258 g/mol. The summed E-state index contributed by atoms with van der Waals surface area (Å²) in [5.41, 5.74) is 5.56. The second-order valence-corrected chi connectivity index (χ2v) is 6.88. The van der Waals surface area contributed by atoms with E-state index in [0.29, 0.717) is 31.1 Å². The van der Waals surface area contributed by atoms with Crippen LogP contribution in [0.2, 0.25) is 0 Å². The van der Waals surface area contributed by atoms with Crippen molar-refractivity contribution in [1.82, 2.24) is 4.90 Å². The van der Waals surface area contributed by atoms with Gasteiger partial charge >= 0.3 is 0 Å². The Hall–Kier alpha value is -0.420. The van der Waals surface area contributed by atoms with Crippen molar-refractivity contribution in [2.24, 2.45) is 11.1 Å². The smallest absolute Gasteiger partial charge is 0.230 e. The summed E-state index contributed by atoms with van der Waals surface area (Å²) in [7, 11) is -0.723. The lowest BCUT2D eigenvalue weighted by atomic mass is 9.73. The van der Waals surface area contributed by atoms with Gasteiger partial charge in [-0.1, -0.05) is 19.3 Å². The predicted molar refractivity (Wildman–Crippen MR) is 69.0 cm³/mol. The van der Waals surface area contributed by atoms with Gasteiger partial charge in [0.25, 0.3) is 0 Å². The van der Waals surface area contributed by atoms with E-state index in [1.807, 2.05) is 4.90 Å². The molecule has 1 heterocycles. The first-order chi connectivity index (χ1) is 8.18. The molecule has 2 rings (SSSR count). The molecule has 1 aliphatic heterocycles. The lowest BCUT2D eigenvalue weighted by molar-refractivity contribution is -0.143. The highest BCUT2D eigenvalue weighted by atomic mass is 32.2. The van der Waals surface area contributed by atoms with Crippen LogP contribution in [0.5, 0.6) is 0 Å². The Morgan fingerprint density at radius 3 is 2.29 bits per heavy atom. The number of amides is 1. The zero-order chi connectivity index (χ0) is 12.3. The van der Waals surface area contributed by atoms with E-state index >= 15 is 0 Å². The van der Waals surface area contributed by atoms with Gasteiger partial charge < -0.3 is 10.6 Å². The van der Waals surface area contributed by atoms with Crippen LogP contribution in [0, 0.1) is 5.41 Å². The van der Waals surface area contributed by atoms with E-state index in [4.69, 9.17) is 5.73 Å². The Morgan fingerprint density at radius 2 is 1.76 bits per heavy atom. The molecule has 0 spiro atoms. The van der Waals surface area contributed by atoms with E-state index in [1.54, 1.807) is 0 Å². The van der Waals surface area contributed by atoms with E-state index in [9.17, 15) is 9.00 Å². The van der Waals surface area contributed by atoms with Crippen LogP contribution < -0.4 is 5.73 Å². The molecule has 1 saturated heterocycles. The summed E-state index contributed by atoms with van der Waals surface area (Å²) in [5, 5.41) is 0. The van der Waals surface area contributed by atoms with Crippen molar-refractivity contribution in [2.75, 3.05) is 31.1 Å². The van der Waals surface area contributed by atoms with Crippen LogP contribution in [-0.4, -0.2) is 46.2 Å². The summed E-state index contributed by atoms with van der Waals surface area (Å²) in [6.45, 7) is 1.76. The van der Waals surface area contributed by atoms with Crippen LogP contribution in [-0.2, 0) is 15.6 Å². The third-order valence-corrected chi connectivity index (χ3v) is 5.40. The third-order valence-electron chi connectivity index (χ3n) is 4.12. The number of carbonyl (C=O) groups is 1. The first kappa shape index (κ1) is 13.0. The summed E-state index contributed by atoms with van der Waals surface area (Å²) in [4.78, 5) is 14.4. The number of nitrogens with two attached hydrogens (primary N) is 1. The van der Waals surface area contributed by atoms with E-state index in [0.717, 1.165) is 25.7 Å². The van der Waals surface area contributed by atoms with Crippen molar-refractivity contribution in [2.45, 2.75) is 32.1 Å². The molecule has 1 amide bonds. The highest BCUT2D eigenvalue weighted by Gasteiger charge is 2.41. The lowest BCUT2D eigenvalue weighted by Crippen LogP contribution is -2.52. The Kier molecular flexibility index (Phi) is 4.20. The van der Waals surface area contributed by atoms with Crippen molar-refractivity contribution < 1.29 is 9.00 Å². The van der Waals surface area contributed by atoms with Crippen molar-refractivity contribution in [3.8, 4) is 0 Å². The summed E-state index contributed by atoms with van der Waals surface area (Å²) in [6, 6.07) is 0. The topological polar surface area (TPSA) is 63.4 Å². The minimum atomic E-state index is -0.723. The Balaban J connectivity index is 2.03. The zero-order valence-corrected chi connectivity index (χ0v) is 11.1. The molecule has 2 N–H and O–H groups in total. The Labute approximate surface area is 105 Å². The molecule has 4 nitrogen and oxygen atoms in total. The van der Waals surface area contributed by atoms with Gasteiger partial charge in [0.2, 0.25) is 5.91 Å². The zero-order valence-electron chi connectivity index (χ0n) is 10.3. The number of nitrogens with zero attached hydrogens (tertiary/aromatic N) is 1. The number of rotatable bonds is 2. The van der Waals surface area contributed by atoms with Crippen LogP contribution in [0.1, 0.15) is 32.1 Å². The highest BCUT2D eigenvalue weighted by Crippen LogP contribution is 2.37. The van der Waals surface area contributed by atoms with Crippen LogP contribution >= 0.6 is 0 Å². The molecule has 1 saturated carbocycles. The SMILES string of the molecule is NCC1(C(=O)N2CCS(=O)CC2)CCCCC1. The summed E-state index contributed by atoms with van der Waals surface area (Å²) in [5.74, 6) is 1.48. The van der Waals surface area contributed by atoms with Gasteiger partial charge in [-0.25, -0.2) is 0 Å². The fourth-order valence-electron chi connectivity index (χ4n) is 2.91. The van der Waals surface area contributed by atoms with Crippen LogP contribution in [0.3, 0.4) is 0 Å². The third kappa shape index (κ3) is 2.71. The second-order valence-electron chi connectivity index (χ2n) is 5.19. The lowest BCUT2D eigenvalue weighted by Gasteiger charge is -2.40. The van der Waals surface area contributed by atoms with Gasteiger partial charge in [-0.3, -0.25) is 9.00 Å². The van der Waals surface area contributed by atoms with Gasteiger partial charge in [0.1, 0.15) is 0 Å². The maximum atomic E-state index is 12.6. The molecule has 5 heteroatoms. The molecular weight excluding hydrogens is 236 g/mol.